The van der Waals surface area contributed by atoms with Gasteiger partial charge < -0.3 is 9.52 Å². The summed E-state index contributed by atoms with van der Waals surface area (Å²) in [5.74, 6) is -1.63. The Morgan fingerprint density at radius 2 is 1.95 bits per heavy atom. The zero-order chi connectivity index (χ0) is 26.9. The number of aliphatic carboxylic acids is 1. The fraction of sp³-hybridized carbons (Fsp3) is 0.286. The van der Waals surface area contributed by atoms with Gasteiger partial charge in [-0.3, -0.25) is 9.48 Å². The zero-order valence-electron chi connectivity index (χ0n) is 21.1. The predicted octanol–water partition coefficient (Wildman–Crippen LogP) is 6.01. The van der Waals surface area contributed by atoms with Crippen LogP contribution in [0.5, 0.6) is 0 Å². The number of sulfonamides is 1. The lowest BCUT2D eigenvalue weighted by Gasteiger charge is -2.17. The van der Waals surface area contributed by atoms with Gasteiger partial charge in [0.05, 0.1) is 11.4 Å². The van der Waals surface area contributed by atoms with Crippen LogP contribution in [0, 0.1) is 5.92 Å². The average Bonchev–Trinajstić information content (AvgIpc) is 3.50. The maximum Gasteiger partial charge on any atom is 0.322 e. The highest BCUT2D eigenvalue weighted by molar-refractivity contribution is 8.11. The molecule has 1 aliphatic rings. The van der Waals surface area contributed by atoms with Gasteiger partial charge in [-0.2, -0.15) is 9.82 Å². The Kier molecular flexibility index (Phi) is 7.47. The van der Waals surface area contributed by atoms with E-state index in [1.165, 1.54) is 17.0 Å². The zero-order valence-corrected chi connectivity index (χ0v) is 22.8. The van der Waals surface area contributed by atoms with Crippen molar-refractivity contribution in [1.29, 1.82) is 0 Å². The van der Waals surface area contributed by atoms with Crippen molar-refractivity contribution in [1.82, 2.24) is 14.5 Å². The molecule has 0 bridgehead atoms. The number of aromatic nitrogens is 2. The van der Waals surface area contributed by atoms with E-state index in [1.54, 1.807) is 37.9 Å². The summed E-state index contributed by atoms with van der Waals surface area (Å²) in [7, 11) is -4.06. The Morgan fingerprint density at radius 1 is 1.13 bits per heavy atom. The molecule has 8 nitrogen and oxygen atoms in total. The van der Waals surface area contributed by atoms with Crippen LogP contribution in [0.3, 0.4) is 0 Å². The molecule has 4 aromatic rings. The van der Waals surface area contributed by atoms with Gasteiger partial charge >= 0.3 is 5.97 Å². The minimum absolute atomic E-state index is 0.0390. The first-order valence-electron chi connectivity index (χ1n) is 12.5. The molecule has 3 heterocycles. The highest BCUT2D eigenvalue weighted by atomic mass is 32.2. The van der Waals surface area contributed by atoms with E-state index in [9.17, 15) is 18.3 Å². The number of benzene rings is 2. The van der Waals surface area contributed by atoms with Gasteiger partial charge in [0.2, 0.25) is 10.0 Å². The van der Waals surface area contributed by atoms with Crippen LogP contribution in [0.4, 0.5) is 0 Å². The highest BCUT2D eigenvalue weighted by Gasteiger charge is 2.28. The lowest BCUT2D eigenvalue weighted by molar-refractivity contribution is -0.140. The van der Waals surface area contributed by atoms with Crippen LogP contribution in [-0.4, -0.2) is 35.3 Å². The summed E-state index contributed by atoms with van der Waals surface area (Å²) in [4.78, 5) is 13.9. The molecule has 10 heteroatoms. The normalized spacial score (nSPS) is 17.1. The van der Waals surface area contributed by atoms with Gasteiger partial charge in [-0.15, -0.1) is 0 Å². The maximum absolute atomic E-state index is 12.9. The maximum atomic E-state index is 12.9. The van der Waals surface area contributed by atoms with Gasteiger partial charge in [0.1, 0.15) is 17.2 Å². The van der Waals surface area contributed by atoms with Crippen molar-refractivity contribution in [3.63, 3.8) is 0 Å². The molecule has 0 aliphatic carbocycles. The Labute approximate surface area is 225 Å². The topological polar surface area (TPSA) is 114 Å². The van der Waals surface area contributed by atoms with Crippen LogP contribution in [-0.2, 0) is 21.4 Å². The fourth-order valence-electron chi connectivity index (χ4n) is 4.45. The van der Waals surface area contributed by atoms with E-state index in [4.69, 9.17) is 4.42 Å². The molecule has 2 aromatic carbocycles. The molecule has 0 radical (unpaired) electrons. The van der Waals surface area contributed by atoms with E-state index in [-0.39, 0.29) is 4.90 Å². The van der Waals surface area contributed by atoms with Crippen molar-refractivity contribution < 1.29 is 22.7 Å². The standard InChI is InChI=1S/C28H29N3O5S2/c1-18(2)27(28(32)33)30-38(34,35)21-10-11-22-23-15-19(9-12-24(23)36-25(22)16-21)26-8-5-3-4-7-20(37-26)17-31-14-6-13-29-31/h6-16,18,27,30H,3-5,17H2,1-2H3,(H,32,33)/b20-7-,26-8?/t27-/m0/s1. The van der Waals surface area contributed by atoms with E-state index in [2.05, 4.69) is 28.0 Å². The summed E-state index contributed by atoms with van der Waals surface area (Å²) >= 11 is 1.74. The van der Waals surface area contributed by atoms with Crippen molar-refractivity contribution in [2.45, 2.75) is 50.6 Å². The van der Waals surface area contributed by atoms with Crippen LogP contribution in [0.25, 0.3) is 26.8 Å². The van der Waals surface area contributed by atoms with Crippen LogP contribution < -0.4 is 4.72 Å². The summed E-state index contributed by atoms with van der Waals surface area (Å²) in [6.07, 6.45) is 11.4. The van der Waals surface area contributed by atoms with Crippen molar-refractivity contribution in [3.8, 4) is 0 Å². The molecular formula is C28H29N3O5S2. The van der Waals surface area contributed by atoms with Gasteiger partial charge in [-0.1, -0.05) is 43.8 Å². The molecule has 1 aliphatic heterocycles. The largest absolute Gasteiger partial charge is 0.480 e. The number of rotatable bonds is 8. The lowest BCUT2D eigenvalue weighted by Crippen LogP contribution is -2.44. The fourth-order valence-corrected chi connectivity index (χ4v) is 6.93. The average molecular weight is 552 g/mol. The second-order valence-electron chi connectivity index (χ2n) is 9.63. The van der Waals surface area contributed by atoms with Gasteiger partial charge in [0, 0.05) is 39.0 Å². The van der Waals surface area contributed by atoms with Crippen LogP contribution in [0.1, 0.15) is 38.7 Å². The van der Waals surface area contributed by atoms with E-state index < -0.39 is 28.0 Å². The number of carboxylic acid groups (broad SMARTS) is 1. The van der Waals surface area contributed by atoms with E-state index >= 15 is 0 Å². The number of nitrogens with one attached hydrogen (secondary N) is 1. The molecule has 0 amide bonds. The summed E-state index contributed by atoms with van der Waals surface area (Å²) in [5, 5.41) is 15.4. The van der Waals surface area contributed by atoms with Gasteiger partial charge in [-0.25, -0.2) is 8.42 Å². The number of thioether (sulfide) groups is 1. The number of fused-ring (bicyclic) bond motifs is 3. The Morgan fingerprint density at radius 3 is 2.68 bits per heavy atom. The van der Waals surface area contributed by atoms with Crippen molar-refractivity contribution >= 4 is 54.6 Å². The second kappa shape index (κ2) is 10.8. The molecule has 0 spiro atoms. The molecule has 0 saturated carbocycles. The molecular weight excluding hydrogens is 522 g/mol. The van der Waals surface area contributed by atoms with Crippen molar-refractivity contribution in [2.24, 2.45) is 5.92 Å². The van der Waals surface area contributed by atoms with Gasteiger partial charge in [-0.05, 0) is 61.1 Å². The first kappa shape index (κ1) is 26.3. The van der Waals surface area contributed by atoms with E-state index in [0.717, 1.165) is 47.0 Å². The first-order chi connectivity index (χ1) is 18.2. The molecule has 5 rings (SSSR count). The second-order valence-corrected chi connectivity index (χ2v) is 12.5. The van der Waals surface area contributed by atoms with Crippen LogP contribution in [0.15, 0.2) is 81.2 Å². The number of carbonyl (C=O) groups is 1. The van der Waals surface area contributed by atoms with Crippen LogP contribution in [0.2, 0.25) is 0 Å². The Balaban J connectivity index is 1.46. The molecule has 38 heavy (non-hydrogen) atoms. The van der Waals surface area contributed by atoms with E-state index in [0.29, 0.717) is 11.2 Å². The molecule has 2 aromatic heterocycles. The molecule has 0 saturated heterocycles. The highest BCUT2D eigenvalue weighted by Crippen LogP contribution is 2.39. The lowest BCUT2D eigenvalue weighted by atomic mass is 10.1. The minimum Gasteiger partial charge on any atom is -0.480 e. The number of carboxylic acids is 1. The first-order valence-corrected chi connectivity index (χ1v) is 14.8. The third kappa shape index (κ3) is 5.57. The Bertz CT molecular complexity index is 1650. The third-order valence-corrected chi connectivity index (χ3v) is 9.10. The quantitative estimate of drug-likeness (QED) is 0.275. The number of nitrogens with zero attached hydrogens (tertiary/aromatic N) is 2. The predicted molar refractivity (Wildman–Crippen MR) is 150 cm³/mol. The van der Waals surface area contributed by atoms with E-state index in [1.807, 2.05) is 29.1 Å². The van der Waals surface area contributed by atoms with Crippen LogP contribution >= 0.6 is 11.8 Å². The number of allylic oxidation sites excluding steroid dienone is 3. The van der Waals surface area contributed by atoms with Gasteiger partial charge in [0.25, 0.3) is 0 Å². The molecule has 0 unspecified atom stereocenters. The Hall–Kier alpha value is -3.34. The van der Waals surface area contributed by atoms with Crippen molar-refractivity contribution in [2.75, 3.05) is 0 Å². The minimum atomic E-state index is -4.06. The summed E-state index contributed by atoms with van der Waals surface area (Å²) in [6.45, 7) is 4.03. The molecule has 0 fully saturated rings. The molecule has 1 atom stereocenters. The number of hydrogen-bond acceptors (Lipinski definition) is 6. The summed E-state index contributed by atoms with van der Waals surface area (Å²) in [6, 6.07) is 11.4. The molecule has 198 valence electrons. The smallest absolute Gasteiger partial charge is 0.322 e. The number of furan rings is 1. The number of hydrogen-bond donors (Lipinski definition) is 2. The van der Waals surface area contributed by atoms with Crippen molar-refractivity contribution in [3.05, 3.63) is 77.5 Å². The van der Waals surface area contributed by atoms with Gasteiger partial charge in [0.15, 0.2) is 0 Å². The molecule has 2 N–H and O–H groups in total. The summed E-state index contributed by atoms with van der Waals surface area (Å²) in [5.41, 5.74) is 2.15. The SMILES string of the molecule is CC(C)[C@H](NS(=O)(=O)c1ccc2c(c1)oc1ccc(C3=CCCC/C=C(/Cn4cccn4)S3)cc12)C(=O)O. The summed E-state index contributed by atoms with van der Waals surface area (Å²) < 4.78 is 36.1. The monoisotopic (exact) mass is 551 g/mol. The third-order valence-electron chi connectivity index (χ3n) is 6.48.